The van der Waals surface area contributed by atoms with Crippen molar-refractivity contribution in [2.24, 2.45) is 0 Å². The van der Waals surface area contributed by atoms with Crippen LogP contribution in [0.5, 0.6) is 0 Å². The summed E-state index contributed by atoms with van der Waals surface area (Å²) >= 11 is 0. The second-order valence-corrected chi connectivity index (χ2v) is 8.84. The number of fused-ring (bicyclic) bond motifs is 3. The Balaban J connectivity index is 1.33. The third kappa shape index (κ3) is 4.37. The van der Waals surface area contributed by atoms with Crippen LogP contribution in [0.25, 0.3) is 11.1 Å². The summed E-state index contributed by atoms with van der Waals surface area (Å²) < 4.78 is 5.64. The van der Waals surface area contributed by atoms with Crippen molar-refractivity contribution >= 4 is 18.0 Å². The van der Waals surface area contributed by atoms with Gasteiger partial charge in [-0.15, -0.1) is 0 Å². The summed E-state index contributed by atoms with van der Waals surface area (Å²) in [5.41, 5.74) is 5.02. The predicted molar refractivity (Wildman–Crippen MR) is 130 cm³/mol. The van der Waals surface area contributed by atoms with Gasteiger partial charge in [-0.2, -0.15) is 0 Å². The maximum atomic E-state index is 13.4. The van der Waals surface area contributed by atoms with E-state index in [2.05, 4.69) is 17.4 Å². The highest BCUT2D eigenvalue weighted by Gasteiger charge is 2.38. The largest absolute Gasteiger partial charge is 0.480 e. The molecule has 0 aromatic heterocycles. The highest BCUT2D eigenvalue weighted by molar-refractivity contribution is 5.90. The van der Waals surface area contributed by atoms with Crippen LogP contribution in [0.4, 0.5) is 4.79 Å². The van der Waals surface area contributed by atoms with Crippen molar-refractivity contribution < 1.29 is 24.2 Å². The fraction of sp³-hybridized carbons (Fsp3) is 0.250. The average Bonchev–Trinajstić information content (AvgIpc) is 3.50. The smallest absolute Gasteiger partial charge is 0.408 e. The number of hydrogen-bond donors (Lipinski definition) is 2. The van der Waals surface area contributed by atoms with Crippen LogP contribution in [0, 0.1) is 0 Å². The summed E-state index contributed by atoms with van der Waals surface area (Å²) in [7, 11) is 0. The van der Waals surface area contributed by atoms with Gasteiger partial charge in [0.05, 0.1) is 0 Å². The van der Waals surface area contributed by atoms with Gasteiger partial charge in [-0.05, 0) is 40.7 Å². The Morgan fingerprint density at radius 1 is 0.914 bits per heavy atom. The quantitative estimate of drug-likeness (QED) is 0.559. The van der Waals surface area contributed by atoms with Gasteiger partial charge in [0.15, 0.2) is 0 Å². The van der Waals surface area contributed by atoms with Crippen LogP contribution in [0.2, 0.25) is 0 Å². The summed E-state index contributed by atoms with van der Waals surface area (Å²) in [4.78, 5) is 39.3. The first-order chi connectivity index (χ1) is 17.0. The molecule has 0 saturated carbocycles. The SMILES string of the molecule is O=C(NC(C(=O)N1CCCC1C(=O)O)c1ccccc1)OCC1c2ccccc2-c2ccccc21. The Morgan fingerprint density at radius 2 is 1.51 bits per heavy atom. The van der Waals surface area contributed by atoms with Crippen LogP contribution >= 0.6 is 0 Å². The van der Waals surface area contributed by atoms with E-state index in [0.717, 1.165) is 22.3 Å². The molecule has 3 aromatic rings. The number of nitrogens with one attached hydrogen (secondary N) is 1. The number of likely N-dealkylation sites (tertiary alicyclic amines) is 1. The topological polar surface area (TPSA) is 95.9 Å². The molecule has 3 aromatic carbocycles. The van der Waals surface area contributed by atoms with Crippen LogP contribution in [-0.2, 0) is 14.3 Å². The van der Waals surface area contributed by atoms with Crippen LogP contribution in [-0.4, -0.2) is 47.2 Å². The summed E-state index contributed by atoms with van der Waals surface area (Å²) in [6, 6.07) is 23.0. The van der Waals surface area contributed by atoms with E-state index in [1.165, 1.54) is 4.90 Å². The van der Waals surface area contributed by atoms with Gasteiger partial charge < -0.3 is 20.1 Å². The number of ether oxygens (including phenoxy) is 1. The third-order valence-electron chi connectivity index (χ3n) is 6.81. The number of rotatable bonds is 6. The lowest BCUT2D eigenvalue weighted by Gasteiger charge is -2.27. The molecular formula is C28H26N2O5. The molecule has 0 bridgehead atoms. The Kier molecular flexibility index (Phi) is 6.23. The van der Waals surface area contributed by atoms with Gasteiger partial charge in [0, 0.05) is 12.5 Å². The van der Waals surface area contributed by atoms with Gasteiger partial charge in [0.2, 0.25) is 0 Å². The predicted octanol–water partition coefficient (Wildman–Crippen LogP) is 4.34. The molecule has 1 saturated heterocycles. The first-order valence-corrected chi connectivity index (χ1v) is 11.7. The maximum Gasteiger partial charge on any atom is 0.408 e. The van der Waals surface area contributed by atoms with E-state index in [1.54, 1.807) is 24.3 Å². The molecule has 2 N–H and O–H groups in total. The van der Waals surface area contributed by atoms with E-state index in [-0.39, 0.29) is 12.5 Å². The molecule has 0 spiro atoms. The molecule has 2 amide bonds. The van der Waals surface area contributed by atoms with Gasteiger partial charge in [-0.1, -0.05) is 78.9 Å². The molecule has 7 heteroatoms. The maximum absolute atomic E-state index is 13.4. The van der Waals surface area contributed by atoms with E-state index in [0.29, 0.717) is 24.9 Å². The van der Waals surface area contributed by atoms with Gasteiger partial charge in [0.25, 0.3) is 5.91 Å². The molecule has 1 fully saturated rings. The molecule has 0 radical (unpaired) electrons. The monoisotopic (exact) mass is 470 g/mol. The fourth-order valence-electron chi connectivity index (χ4n) is 5.14. The Morgan fingerprint density at radius 3 is 2.14 bits per heavy atom. The highest BCUT2D eigenvalue weighted by atomic mass is 16.5. The molecular weight excluding hydrogens is 444 g/mol. The van der Waals surface area contributed by atoms with E-state index in [9.17, 15) is 19.5 Å². The summed E-state index contributed by atoms with van der Waals surface area (Å²) in [5, 5.41) is 12.2. The van der Waals surface area contributed by atoms with E-state index in [1.807, 2.05) is 42.5 Å². The van der Waals surface area contributed by atoms with Crippen molar-refractivity contribution in [2.75, 3.05) is 13.2 Å². The first kappa shape index (κ1) is 22.7. The number of nitrogens with zero attached hydrogens (tertiary/aromatic N) is 1. The number of hydrogen-bond acceptors (Lipinski definition) is 4. The highest BCUT2D eigenvalue weighted by Crippen LogP contribution is 2.44. The molecule has 7 nitrogen and oxygen atoms in total. The normalized spacial score (nSPS) is 17.4. The summed E-state index contributed by atoms with van der Waals surface area (Å²) in [6.07, 6.45) is 0.281. The molecule has 2 aliphatic rings. The molecule has 178 valence electrons. The molecule has 1 heterocycles. The molecule has 5 rings (SSSR count). The Bertz CT molecular complexity index is 1210. The fourth-order valence-corrected chi connectivity index (χ4v) is 5.14. The van der Waals surface area contributed by atoms with Gasteiger partial charge in [-0.25, -0.2) is 9.59 Å². The second kappa shape index (κ2) is 9.62. The number of carbonyl (C=O) groups excluding carboxylic acids is 2. The summed E-state index contributed by atoms with van der Waals surface area (Å²) in [6.45, 7) is 0.461. The number of carboxylic acid groups (broad SMARTS) is 1. The molecule has 2 unspecified atom stereocenters. The van der Waals surface area contributed by atoms with E-state index >= 15 is 0 Å². The van der Waals surface area contributed by atoms with Crippen molar-refractivity contribution in [3.8, 4) is 11.1 Å². The van der Waals surface area contributed by atoms with Crippen molar-refractivity contribution in [3.63, 3.8) is 0 Å². The van der Waals surface area contributed by atoms with Crippen molar-refractivity contribution in [3.05, 3.63) is 95.6 Å². The minimum atomic E-state index is -1.04. The minimum Gasteiger partial charge on any atom is -0.480 e. The first-order valence-electron chi connectivity index (χ1n) is 11.7. The third-order valence-corrected chi connectivity index (χ3v) is 6.81. The summed E-state index contributed by atoms with van der Waals surface area (Å²) in [5.74, 6) is -1.59. The Hall–Kier alpha value is -4.13. The number of benzene rings is 3. The number of amides is 2. The standard InChI is InChI=1S/C28H26N2O5/c31-26(30-16-8-15-24(30)27(32)33)25(18-9-2-1-3-10-18)29-28(34)35-17-23-21-13-6-4-11-19(21)20-12-5-7-14-22(20)23/h1-7,9-14,23-25H,8,15-17H2,(H,29,34)(H,32,33). The Labute approximate surface area is 203 Å². The number of alkyl carbamates (subject to hydrolysis) is 1. The van der Waals surface area contributed by atoms with E-state index < -0.39 is 30.1 Å². The van der Waals surface area contributed by atoms with Crippen LogP contribution in [0.1, 0.15) is 41.5 Å². The number of aliphatic carboxylic acids is 1. The lowest BCUT2D eigenvalue weighted by Crippen LogP contribution is -2.47. The van der Waals surface area contributed by atoms with Crippen molar-refractivity contribution in [1.29, 1.82) is 0 Å². The lowest BCUT2D eigenvalue weighted by molar-refractivity contribution is -0.149. The van der Waals surface area contributed by atoms with E-state index in [4.69, 9.17) is 4.74 Å². The zero-order valence-electron chi connectivity index (χ0n) is 19.1. The van der Waals surface area contributed by atoms with Gasteiger partial charge in [0.1, 0.15) is 18.7 Å². The van der Waals surface area contributed by atoms with Crippen molar-refractivity contribution in [2.45, 2.75) is 30.8 Å². The van der Waals surface area contributed by atoms with Crippen molar-refractivity contribution in [1.82, 2.24) is 10.2 Å². The number of carbonyl (C=O) groups is 3. The van der Waals surface area contributed by atoms with Crippen LogP contribution < -0.4 is 5.32 Å². The molecule has 1 aliphatic heterocycles. The van der Waals surface area contributed by atoms with Crippen LogP contribution in [0.3, 0.4) is 0 Å². The molecule has 35 heavy (non-hydrogen) atoms. The zero-order chi connectivity index (χ0) is 24.4. The van der Waals surface area contributed by atoms with Gasteiger partial charge in [-0.3, -0.25) is 4.79 Å². The average molecular weight is 471 g/mol. The minimum absolute atomic E-state index is 0.103. The second-order valence-electron chi connectivity index (χ2n) is 8.84. The lowest BCUT2D eigenvalue weighted by atomic mass is 9.98. The number of carboxylic acids is 1. The van der Waals surface area contributed by atoms with Gasteiger partial charge >= 0.3 is 12.1 Å². The molecule has 1 aliphatic carbocycles. The zero-order valence-corrected chi connectivity index (χ0v) is 19.1. The molecule has 2 atom stereocenters. The van der Waals surface area contributed by atoms with Crippen LogP contribution in [0.15, 0.2) is 78.9 Å².